The topological polar surface area (TPSA) is 98.1 Å². The molecule has 3 atom stereocenters. The Hall–Kier alpha value is -3.98. The molecule has 2 bridgehead atoms. The number of ether oxygens (including phenoxy) is 2. The first-order valence-electron chi connectivity index (χ1n) is 16.0. The molecule has 12 heteroatoms. The zero-order valence-corrected chi connectivity index (χ0v) is 26.5. The predicted octanol–water partition coefficient (Wildman–Crippen LogP) is 4.50. The van der Waals surface area contributed by atoms with Crippen LogP contribution >= 0.6 is 11.6 Å². The maximum absolute atomic E-state index is 13.8. The Kier molecular flexibility index (Phi) is 8.68. The molecular formula is C34H37ClFN7O3. The molecule has 1 amide bonds. The highest BCUT2D eigenvalue weighted by Gasteiger charge is 2.38. The van der Waals surface area contributed by atoms with E-state index in [1.54, 1.807) is 0 Å². The quantitative estimate of drug-likeness (QED) is 0.246. The number of fused-ring (bicyclic) bond motifs is 4. The van der Waals surface area contributed by atoms with Crippen LogP contribution in [-0.4, -0.2) is 96.3 Å². The summed E-state index contributed by atoms with van der Waals surface area (Å²) in [6, 6.07) is 14.6. The minimum atomic E-state index is -1.02. The van der Waals surface area contributed by atoms with Crippen molar-refractivity contribution >= 4 is 39.8 Å². The summed E-state index contributed by atoms with van der Waals surface area (Å²) in [4.78, 5) is 30.7. The lowest BCUT2D eigenvalue weighted by molar-refractivity contribution is -0.131. The van der Waals surface area contributed by atoms with E-state index in [1.165, 1.54) is 4.90 Å². The Morgan fingerprint density at radius 3 is 2.76 bits per heavy atom. The van der Waals surface area contributed by atoms with Crippen LogP contribution in [0, 0.1) is 11.3 Å². The summed E-state index contributed by atoms with van der Waals surface area (Å²) in [5.41, 5.74) is 2.94. The van der Waals surface area contributed by atoms with E-state index in [2.05, 4.69) is 45.5 Å². The number of nitrogens with zero attached hydrogens (tertiary/aromatic N) is 7. The second-order valence-electron chi connectivity index (χ2n) is 12.4. The van der Waals surface area contributed by atoms with Gasteiger partial charge in [-0.25, -0.2) is 4.39 Å². The van der Waals surface area contributed by atoms with Gasteiger partial charge in [0.2, 0.25) is 0 Å². The van der Waals surface area contributed by atoms with Crippen LogP contribution < -0.4 is 14.5 Å². The van der Waals surface area contributed by atoms with Gasteiger partial charge in [0.25, 0.3) is 5.91 Å². The number of anilines is 2. The maximum atomic E-state index is 13.8. The first-order chi connectivity index (χ1) is 22.4. The van der Waals surface area contributed by atoms with Gasteiger partial charge in [-0.3, -0.25) is 9.69 Å². The standard InChI is InChI=1S/C34H37ClFN7O3/c1-22(36)33(44)43-15-14-42(18-24(43)9-11-37)32-27-10-13-41(30-8-3-6-23-5-2-7-28(35)31(23)30)20-29(27)38-34(39-32)45-16-4-12-40-19-26-17-25(40)21-46-26/h2-3,5-8,24-26H,1,4,9-10,12-21H2/t24-,25-,26-/m0/s1. The molecule has 3 aromatic rings. The summed E-state index contributed by atoms with van der Waals surface area (Å²) in [6.45, 7) is 8.71. The van der Waals surface area contributed by atoms with E-state index in [1.807, 2.05) is 18.2 Å². The van der Waals surface area contributed by atoms with E-state index in [0.717, 1.165) is 72.6 Å². The second-order valence-corrected chi connectivity index (χ2v) is 12.9. The molecule has 10 nitrogen and oxygen atoms in total. The molecule has 5 heterocycles. The largest absolute Gasteiger partial charge is 0.463 e. The number of carbonyl (C=O) groups excluding carboxylic acids is 1. The normalized spacial score (nSPS) is 22.6. The van der Waals surface area contributed by atoms with E-state index in [9.17, 15) is 14.4 Å². The molecule has 0 radical (unpaired) electrons. The van der Waals surface area contributed by atoms with Crippen molar-refractivity contribution in [1.82, 2.24) is 19.8 Å². The number of morpholine rings is 1. The highest BCUT2D eigenvalue weighted by Crippen LogP contribution is 2.37. The van der Waals surface area contributed by atoms with Gasteiger partial charge in [-0.2, -0.15) is 15.2 Å². The number of halogens is 2. The molecule has 0 aliphatic carbocycles. The maximum Gasteiger partial charge on any atom is 0.318 e. The second kappa shape index (κ2) is 13.0. The van der Waals surface area contributed by atoms with Gasteiger partial charge in [-0.15, -0.1) is 0 Å². The minimum absolute atomic E-state index is 0.0746. The smallest absolute Gasteiger partial charge is 0.318 e. The number of piperazine rings is 1. The Morgan fingerprint density at radius 2 is 2.00 bits per heavy atom. The molecular weight excluding hydrogens is 609 g/mol. The van der Waals surface area contributed by atoms with Gasteiger partial charge in [0, 0.05) is 61.9 Å². The van der Waals surface area contributed by atoms with Crippen molar-refractivity contribution in [3.63, 3.8) is 0 Å². The number of carbonyl (C=O) groups is 1. The summed E-state index contributed by atoms with van der Waals surface area (Å²) in [5, 5.41) is 12.3. The van der Waals surface area contributed by atoms with E-state index < -0.39 is 17.8 Å². The van der Waals surface area contributed by atoms with E-state index in [-0.39, 0.29) is 13.0 Å². The van der Waals surface area contributed by atoms with Crippen molar-refractivity contribution in [2.24, 2.45) is 0 Å². The molecule has 1 aromatic heterocycles. The fourth-order valence-corrected chi connectivity index (χ4v) is 7.67. The monoisotopic (exact) mass is 645 g/mol. The summed E-state index contributed by atoms with van der Waals surface area (Å²) in [6.07, 6.45) is 3.08. The molecule has 3 fully saturated rings. The van der Waals surface area contributed by atoms with Gasteiger partial charge < -0.3 is 24.2 Å². The van der Waals surface area contributed by atoms with Crippen molar-refractivity contribution in [2.75, 3.05) is 62.3 Å². The van der Waals surface area contributed by atoms with Gasteiger partial charge >= 0.3 is 6.01 Å². The van der Waals surface area contributed by atoms with Crippen molar-refractivity contribution < 1.29 is 18.7 Å². The summed E-state index contributed by atoms with van der Waals surface area (Å²) >= 11 is 6.70. The Balaban J connectivity index is 1.15. The summed E-state index contributed by atoms with van der Waals surface area (Å²) in [5.74, 6) is -1.04. The average molecular weight is 646 g/mol. The number of amides is 1. The SMILES string of the molecule is C=C(F)C(=O)N1CCN(c2nc(OCCCN3C[C@@H]4C[C@H]3CO4)nc3c2CCN(c2cccc4cccc(Cl)c24)C3)C[C@@H]1CC#N. The molecule has 0 spiro atoms. The van der Waals surface area contributed by atoms with Crippen molar-refractivity contribution in [3.8, 4) is 12.1 Å². The van der Waals surface area contributed by atoms with Crippen LogP contribution in [-0.2, 0) is 22.5 Å². The predicted molar refractivity (Wildman–Crippen MR) is 174 cm³/mol. The minimum Gasteiger partial charge on any atom is -0.463 e. The summed E-state index contributed by atoms with van der Waals surface area (Å²) < 4.78 is 25.8. The zero-order chi connectivity index (χ0) is 31.8. The molecule has 0 N–H and O–H groups in total. The Bertz CT molecular complexity index is 1690. The first-order valence-corrected chi connectivity index (χ1v) is 16.3. The molecule has 2 aromatic carbocycles. The van der Waals surface area contributed by atoms with E-state index >= 15 is 0 Å². The molecule has 7 rings (SSSR count). The van der Waals surface area contributed by atoms with Crippen LogP contribution in [0.5, 0.6) is 6.01 Å². The third-order valence-electron chi connectivity index (χ3n) is 9.63. The molecule has 3 saturated heterocycles. The molecule has 46 heavy (non-hydrogen) atoms. The molecule has 0 saturated carbocycles. The van der Waals surface area contributed by atoms with Crippen molar-refractivity contribution in [2.45, 2.75) is 50.4 Å². The van der Waals surface area contributed by atoms with Crippen LogP contribution in [0.15, 0.2) is 48.8 Å². The van der Waals surface area contributed by atoms with E-state index in [0.29, 0.717) is 55.8 Å². The molecule has 4 aliphatic heterocycles. The lowest BCUT2D eigenvalue weighted by Crippen LogP contribution is -2.55. The van der Waals surface area contributed by atoms with Crippen LogP contribution in [0.25, 0.3) is 10.8 Å². The highest BCUT2D eigenvalue weighted by atomic mass is 35.5. The van der Waals surface area contributed by atoms with Crippen LogP contribution in [0.3, 0.4) is 0 Å². The highest BCUT2D eigenvalue weighted by molar-refractivity contribution is 6.36. The number of benzene rings is 2. The number of aromatic nitrogens is 2. The van der Waals surface area contributed by atoms with Crippen molar-refractivity contribution in [1.29, 1.82) is 5.26 Å². The number of rotatable bonds is 9. The van der Waals surface area contributed by atoms with Crippen LogP contribution in [0.1, 0.15) is 30.5 Å². The average Bonchev–Trinajstić information content (AvgIpc) is 3.70. The Labute approximate surface area is 272 Å². The van der Waals surface area contributed by atoms with Gasteiger partial charge in [-0.05, 0) is 36.8 Å². The number of hydrogen-bond donors (Lipinski definition) is 0. The molecule has 240 valence electrons. The fraction of sp³-hybridized carbons (Fsp3) is 0.471. The third kappa shape index (κ3) is 5.97. The number of likely N-dealkylation sites (tertiary alicyclic amines) is 1. The third-order valence-corrected chi connectivity index (χ3v) is 9.95. The number of hydrogen-bond acceptors (Lipinski definition) is 9. The summed E-state index contributed by atoms with van der Waals surface area (Å²) in [7, 11) is 0. The lowest BCUT2D eigenvalue weighted by atomic mass is 10.0. The number of nitriles is 1. The van der Waals surface area contributed by atoms with Crippen LogP contribution in [0.4, 0.5) is 15.9 Å². The molecule has 4 aliphatic rings. The van der Waals surface area contributed by atoms with Crippen LogP contribution in [0.2, 0.25) is 5.02 Å². The zero-order valence-electron chi connectivity index (χ0n) is 25.7. The van der Waals surface area contributed by atoms with E-state index in [4.69, 9.17) is 31.0 Å². The molecule has 0 unspecified atom stereocenters. The Morgan fingerprint density at radius 1 is 1.15 bits per heavy atom. The van der Waals surface area contributed by atoms with Crippen molar-refractivity contribution in [3.05, 3.63) is 65.1 Å². The first kappa shape index (κ1) is 30.7. The lowest BCUT2D eigenvalue weighted by Gasteiger charge is -2.42. The van der Waals surface area contributed by atoms with Gasteiger partial charge in [0.15, 0.2) is 5.83 Å². The van der Waals surface area contributed by atoms with Gasteiger partial charge in [0.1, 0.15) is 5.82 Å². The van der Waals surface area contributed by atoms with Gasteiger partial charge in [0.05, 0.1) is 55.1 Å². The van der Waals surface area contributed by atoms with Gasteiger partial charge in [-0.1, -0.05) is 42.4 Å². The fourth-order valence-electron chi connectivity index (χ4n) is 7.39.